The largest absolute Gasteiger partial charge is 0.342 e. The molecule has 0 bridgehead atoms. The Morgan fingerprint density at radius 1 is 1.48 bits per heavy atom. The normalized spacial score (nSPS) is 18.6. The van der Waals surface area contributed by atoms with Gasteiger partial charge in [-0.05, 0) is 24.3 Å². The monoisotopic (exact) mass is 305 g/mol. The van der Waals surface area contributed by atoms with E-state index in [0.29, 0.717) is 18.9 Å². The fraction of sp³-hybridized carbons (Fsp3) is 0.533. The van der Waals surface area contributed by atoms with Gasteiger partial charge in [-0.15, -0.1) is 11.3 Å². The Balaban J connectivity index is 1.58. The van der Waals surface area contributed by atoms with E-state index < -0.39 is 0 Å². The Bertz CT molecular complexity index is 594. The smallest absolute Gasteiger partial charge is 0.232 e. The number of thiophene rings is 1. The first kappa shape index (κ1) is 14.3. The number of rotatable bonds is 6. The molecular weight excluding hydrogens is 286 g/mol. The Hall–Kier alpha value is -1.69. The molecule has 1 aliphatic heterocycles. The lowest BCUT2D eigenvalue weighted by atomic mass is 10.1. The van der Waals surface area contributed by atoms with Crippen LogP contribution >= 0.6 is 11.3 Å². The summed E-state index contributed by atoms with van der Waals surface area (Å²) in [6.45, 7) is 3.55. The molecule has 0 radical (unpaired) electrons. The maximum absolute atomic E-state index is 12.1. The molecule has 21 heavy (non-hydrogen) atoms. The molecule has 1 unspecified atom stereocenters. The van der Waals surface area contributed by atoms with Crippen LogP contribution < -0.4 is 0 Å². The van der Waals surface area contributed by atoms with Crippen molar-refractivity contribution in [2.45, 2.75) is 38.5 Å². The van der Waals surface area contributed by atoms with Crippen LogP contribution in [-0.2, 0) is 17.6 Å². The van der Waals surface area contributed by atoms with Crippen LogP contribution in [0.2, 0.25) is 0 Å². The van der Waals surface area contributed by atoms with E-state index in [1.807, 2.05) is 11.0 Å². The highest BCUT2D eigenvalue weighted by atomic mass is 32.1. The van der Waals surface area contributed by atoms with Crippen molar-refractivity contribution in [3.05, 3.63) is 34.1 Å². The van der Waals surface area contributed by atoms with Crippen LogP contribution in [0.15, 0.2) is 22.0 Å². The molecule has 2 aromatic heterocycles. The summed E-state index contributed by atoms with van der Waals surface area (Å²) in [4.78, 5) is 19.7. The maximum Gasteiger partial charge on any atom is 0.232 e. The molecule has 1 atom stereocenters. The summed E-state index contributed by atoms with van der Waals surface area (Å²) in [6.07, 6.45) is 3.22. The number of carbonyl (C=O) groups excluding carboxylic acids is 1. The van der Waals surface area contributed by atoms with E-state index in [0.717, 1.165) is 31.6 Å². The van der Waals surface area contributed by atoms with E-state index in [1.54, 1.807) is 11.3 Å². The van der Waals surface area contributed by atoms with Gasteiger partial charge < -0.3 is 9.42 Å². The lowest BCUT2D eigenvalue weighted by molar-refractivity contribution is -0.127. The lowest BCUT2D eigenvalue weighted by Gasteiger charge is -2.15. The van der Waals surface area contributed by atoms with Gasteiger partial charge in [-0.2, -0.15) is 4.98 Å². The second-order valence-electron chi connectivity index (χ2n) is 5.37. The molecule has 5 nitrogen and oxygen atoms in total. The highest BCUT2D eigenvalue weighted by Crippen LogP contribution is 2.27. The zero-order valence-corrected chi connectivity index (χ0v) is 12.9. The zero-order chi connectivity index (χ0) is 14.7. The molecule has 3 rings (SSSR count). The molecule has 0 spiro atoms. The van der Waals surface area contributed by atoms with E-state index in [-0.39, 0.29) is 11.8 Å². The molecule has 1 saturated heterocycles. The molecule has 1 fully saturated rings. The third-order valence-electron chi connectivity index (χ3n) is 3.73. The van der Waals surface area contributed by atoms with Gasteiger partial charge in [0.15, 0.2) is 5.82 Å². The van der Waals surface area contributed by atoms with E-state index in [1.165, 1.54) is 4.88 Å². The standard InChI is InChI=1S/C15H19N3O2S/c1-2-4-13-16-15(20-17-13)11-9-14(19)18(10-11)7-6-12-5-3-8-21-12/h3,5,8,11H,2,4,6-7,9-10H2,1H3. The molecule has 0 N–H and O–H groups in total. The first-order valence-corrected chi connectivity index (χ1v) is 8.27. The summed E-state index contributed by atoms with van der Waals surface area (Å²) in [5.41, 5.74) is 0. The van der Waals surface area contributed by atoms with Crippen molar-refractivity contribution in [2.75, 3.05) is 13.1 Å². The average Bonchev–Trinajstić information content (AvgIpc) is 3.17. The van der Waals surface area contributed by atoms with Gasteiger partial charge in [-0.25, -0.2) is 0 Å². The molecule has 2 aromatic rings. The van der Waals surface area contributed by atoms with Gasteiger partial charge in [0.1, 0.15) is 0 Å². The molecule has 0 aromatic carbocycles. The van der Waals surface area contributed by atoms with Gasteiger partial charge in [0, 0.05) is 30.8 Å². The molecule has 0 saturated carbocycles. The molecule has 6 heteroatoms. The number of hydrogen-bond acceptors (Lipinski definition) is 5. The third kappa shape index (κ3) is 3.32. The van der Waals surface area contributed by atoms with Crippen LogP contribution in [-0.4, -0.2) is 34.0 Å². The van der Waals surface area contributed by atoms with Crippen molar-refractivity contribution in [3.63, 3.8) is 0 Å². The second kappa shape index (κ2) is 6.39. The first-order valence-electron chi connectivity index (χ1n) is 7.39. The second-order valence-corrected chi connectivity index (χ2v) is 6.40. The van der Waals surface area contributed by atoms with Crippen molar-refractivity contribution in [2.24, 2.45) is 0 Å². The Morgan fingerprint density at radius 3 is 3.14 bits per heavy atom. The lowest BCUT2D eigenvalue weighted by Crippen LogP contribution is -2.27. The fourth-order valence-corrected chi connectivity index (χ4v) is 3.31. The predicted octanol–water partition coefficient (Wildman–Crippen LogP) is 2.64. The maximum atomic E-state index is 12.1. The summed E-state index contributed by atoms with van der Waals surface area (Å²) < 4.78 is 5.31. The van der Waals surface area contributed by atoms with Crippen molar-refractivity contribution in [3.8, 4) is 0 Å². The van der Waals surface area contributed by atoms with Crippen molar-refractivity contribution in [1.82, 2.24) is 15.0 Å². The summed E-state index contributed by atoms with van der Waals surface area (Å²) in [5, 5.41) is 6.04. The zero-order valence-electron chi connectivity index (χ0n) is 12.1. The highest BCUT2D eigenvalue weighted by Gasteiger charge is 2.33. The molecule has 1 aliphatic rings. The quantitative estimate of drug-likeness (QED) is 0.823. The van der Waals surface area contributed by atoms with Crippen LogP contribution in [0.4, 0.5) is 0 Å². The Kier molecular flexibility index (Phi) is 4.34. The summed E-state index contributed by atoms with van der Waals surface area (Å²) in [5.74, 6) is 1.60. The number of likely N-dealkylation sites (tertiary alicyclic amines) is 1. The number of aryl methyl sites for hydroxylation is 1. The fourth-order valence-electron chi connectivity index (χ4n) is 2.61. The SMILES string of the molecule is CCCc1noc(C2CC(=O)N(CCc3cccs3)C2)n1. The Morgan fingerprint density at radius 2 is 2.38 bits per heavy atom. The van der Waals surface area contributed by atoms with Gasteiger partial charge in [-0.1, -0.05) is 18.1 Å². The van der Waals surface area contributed by atoms with Crippen molar-refractivity contribution >= 4 is 17.2 Å². The van der Waals surface area contributed by atoms with Gasteiger partial charge in [0.25, 0.3) is 0 Å². The van der Waals surface area contributed by atoms with E-state index >= 15 is 0 Å². The average molecular weight is 305 g/mol. The summed E-state index contributed by atoms with van der Waals surface area (Å²) in [7, 11) is 0. The summed E-state index contributed by atoms with van der Waals surface area (Å²) in [6, 6.07) is 4.15. The molecular formula is C15H19N3O2S. The molecule has 112 valence electrons. The topological polar surface area (TPSA) is 59.2 Å². The van der Waals surface area contributed by atoms with E-state index in [9.17, 15) is 4.79 Å². The summed E-state index contributed by atoms with van der Waals surface area (Å²) >= 11 is 1.73. The Labute approximate surface area is 128 Å². The van der Waals surface area contributed by atoms with Crippen LogP contribution in [0, 0.1) is 0 Å². The van der Waals surface area contributed by atoms with E-state index in [2.05, 4.69) is 28.5 Å². The number of carbonyl (C=O) groups is 1. The number of hydrogen-bond donors (Lipinski definition) is 0. The number of aromatic nitrogens is 2. The van der Waals surface area contributed by atoms with Crippen LogP contribution in [0.25, 0.3) is 0 Å². The molecule has 1 amide bonds. The van der Waals surface area contributed by atoms with Gasteiger partial charge in [-0.3, -0.25) is 4.79 Å². The van der Waals surface area contributed by atoms with Crippen LogP contribution in [0.5, 0.6) is 0 Å². The first-order chi connectivity index (χ1) is 10.3. The third-order valence-corrected chi connectivity index (χ3v) is 4.67. The number of nitrogens with zero attached hydrogens (tertiary/aromatic N) is 3. The minimum Gasteiger partial charge on any atom is -0.342 e. The number of amides is 1. The van der Waals surface area contributed by atoms with Crippen LogP contribution in [0.1, 0.15) is 42.3 Å². The van der Waals surface area contributed by atoms with Crippen molar-refractivity contribution in [1.29, 1.82) is 0 Å². The molecule has 0 aliphatic carbocycles. The molecule has 3 heterocycles. The minimum absolute atomic E-state index is 0.0546. The van der Waals surface area contributed by atoms with Gasteiger partial charge in [0.2, 0.25) is 11.8 Å². The predicted molar refractivity (Wildman–Crippen MR) is 80.3 cm³/mol. The van der Waals surface area contributed by atoms with E-state index in [4.69, 9.17) is 4.52 Å². The minimum atomic E-state index is 0.0546. The van der Waals surface area contributed by atoms with Crippen LogP contribution in [0.3, 0.4) is 0 Å². The van der Waals surface area contributed by atoms with Gasteiger partial charge in [0.05, 0.1) is 5.92 Å². The van der Waals surface area contributed by atoms with Gasteiger partial charge >= 0.3 is 0 Å². The van der Waals surface area contributed by atoms with Crippen molar-refractivity contribution < 1.29 is 9.32 Å². The highest BCUT2D eigenvalue weighted by molar-refractivity contribution is 7.09.